The van der Waals surface area contributed by atoms with E-state index in [-0.39, 0.29) is 67.4 Å². The van der Waals surface area contributed by atoms with Crippen LogP contribution in [0.2, 0.25) is 0 Å². The van der Waals surface area contributed by atoms with E-state index in [1.165, 1.54) is 18.3 Å². The number of hydrogen-bond acceptors (Lipinski definition) is 14. The smallest absolute Gasteiger partial charge is 0.280 e. The van der Waals surface area contributed by atoms with Crippen LogP contribution in [-0.4, -0.2) is 91.4 Å². The van der Waals surface area contributed by atoms with Gasteiger partial charge in [0.05, 0.1) is 36.6 Å². The first-order chi connectivity index (χ1) is 27.5. The summed E-state index contributed by atoms with van der Waals surface area (Å²) in [4.78, 5) is 108. The maximum absolute atomic E-state index is 13.3. The summed E-state index contributed by atoms with van der Waals surface area (Å²) >= 11 is 3.98. The number of nitrogens with one attached hydrogen (secondary N) is 5. The molecule has 0 saturated carbocycles. The van der Waals surface area contributed by atoms with Gasteiger partial charge in [0.25, 0.3) is 11.5 Å². The van der Waals surface area contributed by atoms with E-state index in [2.05, 4.69) is 58.8 Å². The van der Waals surface area contributed by atoms with E-state index in [4.69, 9.17) is 44.9 Å². The van der Waals surface area contributed by atoms with Crippen LogP contribution < -0.4 is 44.0 Å². The monoisotopic (exact) mass is 813 g/mol. The van der Waals surface area contributed by atoms with Crippen LogP contribution in [0.15, 0.2) is 40.2 Å². The minimum atomic E-state index is -1.47. The van der Waals surface area contributed by atoms with Crippen LogP contribution in [0, 0.1) is 46.0 Å². The van der Waals surface area contributed by atoms with Crippen LogP contribution >= 0.6 is 12.6 Å². The molecule has 3 amide bonds. The number of H-pyrrole nitrogens is 1. The third-order valence-electron chi connectivity index (χ3n) is 8.32. The van der Waals surface area contributed by atoms with E-state index in [0.717, 1.165) is 0 Å². The van der Waals surface area contributed by atoms with Crippen molar-refractivity contribution in [2.45, 2.75) is 63.2 Å². The van der Waals surface area contributed by atoms with E-state index in [1.807, 2.05) is 0 Å². The number of anilines is 2. The lowest BCUT2D eigenvalue weighted by atomic mass is 9.94. The molecule has 5 atom stereocenters. The van der Waals surface area contributed by atoms with Crippen LogP contribution in [-0.2, 0) is 30.5 Å². The number of guanidine groups is 1. The van der Waals surface area contributed by atoms with Crippen molar-refractivity contribution in [3.8, 4) is 0 Å². The van der Waals surface area contributed by atoms with Gasteiger partial charge in [0.15, 0.2) is 34.5 Å². The van der Waals surface area contributed by atoms with Gasteiger partial charge in [-0.3, -0.25) is 43.5 Å². The fourth-order valence-corrected chi connectivity index (χ4v) is 5.30. The number of hydrogen-bond donors (Lipinski definition) is 9. The van der Waals surface area contributed by atoms with E-state index >= 15 is 0 Å². The number of thiol groups is 1. The van der Waals surface area contributed by atoms with Gasteiger partial charge in [-0.05, 0) is 83.4 Å². The summed E-state index contributed by atoms with van der Waals surface area (Å²) < 4.78 is 0. The van der Waals surface area contributed by atoms with Gasteiger partial charge in [-0.25, -0.2) is 9.97 Å². The standard InChI is InChI=1S/C38H45N12O7S/c1-5-26(47-35(56)23-10-12-24(13-11-23)43-18-25-19-44-32-31(46-25)36(57)50-38(41)49-32)29(52)16-21(3)34(55)48-27(8-6-14-42-37(39)40)30(53)17-20(2)33(54)45-22(4)28(51)9-7-15-58/h1-4,7,10-13,19-22,26-27,43,58H,5-6,8-9,14-18H2,(H,45,54)(H,47,56)(H,48,55)(H4,39,40,42)(H3,41,44,49,50,57)/t20-,21-,22+,26+,27+/m1/s1. The quantitative estimate of drug-likeness (QED) is 0.0239. The summed E-state index contributed by atoms with van der Waals surface area (Å²) in [6.45, 7) is 23.8. The number of amides is 3. The third-order valence-corrected chi connectivity index (χ3v) is 8.58. The molecule has 0 saturated heterocycles. The zero-order valence-corrected chi connectivity index (χ0v) is 32.2. The van der Waals surface area contributed by atoms with Crippen molar-refractivity contribution < 1.29 is 28.8 Å². The lowest BCUT2D eigenvalue weighted by Gasteiger charge is -2.23. The van der Waals surface area contributed by atoms with Crippen LogP contribution in [0.3, 0.4) is 0 Å². The van der Waals surface area contributed by atoms with Gasteiger partial charge in [-0.2, -0.15) is 17.6 Å². The zero-order valence-electron chi connectivity index (χ0n) is 31.4. The summed E-state index contributed by atoms with van der Waals surface area (Å²) in [6, 6.07) is 2.41. The van der Waals surface area contributed by atoms with Gasteiger partial charge in [-0.15, -0.1) is 0 Å². The fourth-order valence-electron chi connectivity index (χ4n) is 5.17. The van der Waals surface area contributed by atoms with Crippen LogP contribution in [0.5, 0.6) is 0 Å². The number of ketones is 3. The molecule has 1 aromatic carbocycles. The number of nitrogen functional groups attached to an aromatic ring is 1. The average molecular weight is 814 g/mol. The highest BCUT2D eigenvalue weighted by molar-refractivity contribution is 7.80. The Morgan fingerprint density at radius 2 is 1.53 bits per heavy atom. The molecule has 2 aromatic heterocycles. The molecule has 0 bridgehead atoms. The third kappa shape index (κ3) is 14.5. The second-order valence-corrected chi connectivity index (χ2v) is 13.2. The number of carbonyl (C=O) groups is 6. The molecular formula is C38H45N12O7S. The van der Waals surface area contributed by atoms with Gasteiger partial charge in [0.2, 0.25) is 17.8 Å². The zero-order chi connectivity index (χ0) is 42.9. The maximum Gasteiger partial charge on any atom is 0.280 e. The minimum Gasteiger partial charge on any atom is -0.379 e. The number of benzene rings is 1. The maximum atomic E-state index is 13.3. The van der Waals surface area contributed by atoms with Crippen molar-refractivity contribution >= 4 is 76.5 Å². The number of fused-ring (bicyclic) bond motifs is 1. The molecule has 9 radical (unpaired) electrons. The molecule has 0 fully saturated rings. The number of aliphatic imine (C=N–C) groups is 1. The van der Waals surface area contributed by atoms with Crippen LogP contribution in [0.25, 0.3) is 11.2 Å². The molecule has 0 aliphatic heterocycles. The van der Waals surface area contributed by atoms with Crippen molar-refractivity contribution in [2.75, 3.05) is 23.3 Å². The first-order valence-corrected chi connectivity index (χ1v) is 18.5. The molecular weight excluding hydrogens is 769 g/mol. The predicted octanol–water partition coefficient (Wildman–Crippen LogP) is -0.492. The second-order valence-electron chi connectivity index (χ2n) is 12.9. The molecule has 0 unspecified atom stereocenters. The molecule has 11 N–H and O–H groups in total. The Bertz CT molecular complexity index is 2020. The number of Topliss-reactive ketones (excluding diaryl/α,β-unsaturated/α-hetero) is 3. The number of aromatic amines is 1. The Hall–Kier alpha value is -5.92. The van der Waals surface area contributed by atoms with Crippen LogP contribution in [0.4, 0.5) is 11.6 Å². The highest BCUT2D eigenvalue weighted by Gasteiger charge is 2.30. The molecule has 19 nitrogen and oxygen atoms in total. The first-order valence-electron chi connectivity index (χ1n) is 17.8. The van der Waals surface area contributed by atoms with Crippen molar-refractivity contribution in [2.24, 2.45) is 28.3 Å². The lowest BCUT2D eigenvalue weighted by molar-refractivity contribution is -0.133. The van der Waals surface area contributed by atoms with Crippen molar-refractivity contribution in [1.29, 1.82) is 0 Å². The Morgan fingerprint density at radius 1 is 0.897 bits per heavy atom. The fraction of sp³-hybridized carbons (Fsp3) is 0.368. The van der Waals surface area contributed by atoms with E-state index in [9.17, 15) is 33.6 Å². The van der Waals surface area contributed by atoms with E-state index < -0.39 is 83.4 Å². The number of nitrogens with two attached hydrogens (primary N) is 3. The molecule has 3 rings (SSSR count). The predicted molar refractivity (Wildman–Crippen MR) is 217 cm³/mol. The van der Waals surface area contributed by atoms with Crippen molar-refractivity contribution in [3.63, 3.8) is 0 Å². The van der Waals surface area contributed by atoms with Gasteiger partial charge >= 0.3 is 0 Å². The number of aromatic nitrogens is 4. The molecule has 305 valence electrons. The Morgan fingerprint density at radius 3 is 2.16 bits per heavy atom. The molecule has 58 heavy (non-hydrogen) atoms. The Kier molecular flexibility index (Phi) is 18.2. The number of nitrogens with zero attached hydrogens (tertiary/aromatic N) is 4. The molecule has 0 aliphatic carbocycles. The topological polar surface area (TPSA) is 312 Å². The largest absolute Gasteiger partial charge is 0.379 e. The summed E-state index contributed by atoms with van der Waals surface area (Å²) in [5.74, 6) is -7.02. The number of carbonyl (C=O) groups excluding carboxylic acids is 6. The second kappa shape index (κ2) is 22.7. The Balaban J connectivity index is 1.56. The summed E-state index contributed by atoms with van der Waals surface area (Å²) in [5, 5.41) is 10.4. The summed E-state index contributed by atoms with van der Waals surface area (Å²) in [7, 11) is 0. The molecule has 3 aromatic rings. The summed E-state index contributed by atoms with van der Waals surface area (Å²) in [6.07, 6.45) is 1.76. The average Bonchev–Trinajstić information content (AvgIpc) is 3.18. The van der Waals surface area contributed by atoms with Crippen LogP contribution in [0.1, 0.15) is 54.6 Å². The van der Waals surface area contributed by atoms with Crippen molar-refractivity contribution in [1.82, 2.24) is 35.9 Å². The van der Waals surface area contributed by atoms with Gasteiger partial charge in [0.1, 0.15) is 0 Å². The lowest BCUT2D eigenvalue weighted by Crippen LogP contribution is -2.47. The molecule has 0 spiro atoms. The molecule has 0 aliphatic rings. The van der Waals surface area contributed by atoms with Gasteiger partial charge in [0, 0.05) is 48.9 Å². The van der Waals surface area contributed by atoms with Crippen molar-refractivity contribution in [3.05, 3.63) is 86.2 Å². The Labute approximate surface area is 341 Å². The number of rotatable bonds is 24. The normalized spacial score (nSPS) is 13.6. The highest BCUT2D eigenvalue weighted by atomic mass is 32.1. The summed E-state index contributed by atoms with van der Waals surface area (Å²) in [5.41, 5.74) is 17.1. The van der Waals surface area contributed by atoms with E-state index in [0.29, 0.717) is 17.1 Å². The first kappa shape index (κ1) is 46.5. The molecule has 20 heteroatoms. The van der Waals surface area contributed by atoms with Gasteiger partial charge in [-0.1, -0.05) is 0 Å². The van der Waals surface area contributed by atoms with E-state index in [1.54, 1.807) is 18.6 Å². The SMILES string of the molecule is [CH]C[C@H](NC(=O)c1ccc(NCc2cnc3nc(N)[nH]c(=O)c3n2)cc1)C(=O)C[C@@H]([CH])C(=O)N[C@@H](CCCN=C(N)N)C(=O)C[C@@H]([CH])C(=O)N[C@@H]([CH])C(=O)C[CH]CS. The highest BCUT2D eigenvalue weighted by Crippen LogP contribution is 2.15. The van der Waals surface area contributed by atoms with Gasteiger partial charge < -0.3 is 38.5 Å². The molecule has 2 heterocycles. The minimum absolute atomic E-state index is 0.00994.